The highest BCUT2D eigenvalue weighted by Gasteiger charge is 2.28. The number of rotatable bonds is 3. The van der Waals surface area contributed by atoms with Crippen LogP contribution in [0.2, 0.25) is 5.15 Å². The number of aryl methyl sites for hydroxylation is 2. The van der Waals surface area contributed by atoms with Crippen LogP contribution < -0.4 is 5.32 Å². The van der Waals surface area contributed by atoms with E-state index in [9.17, 15) is 5.11 Å². The first-order valence-electron chi connectivity index (χ1n) is 6.97. The van der Waals surface area contributed by atoms with E-state index in [-0.39, 0.29) is 0 Å². The molecule has 0 aromatic carbocycles. The molecule has 1 aliphatic carbocycles. The minimum atomic E-state index is -0.639. The summed E-state index contributed by atoms with van der Waals surface area (Å²) in [6.45, 7) is 4.28. The van der Waals surface area contributed by atoms with E-state index in [1.807, 2.05) is 13.8 Å². The lowest BCUT2D eigenvalue weighted by atomic mass is 9.94. The van der Waals surface area contributed by atoms with Gasteiger partial charge in [0.15, 0.2) is 11.0 Å². The van der Waals surface area contributed by atoms with Gasteiger partial charge in [-0.2, -0.15) is 0 Å². The molecule has 2 N–H and O–H groups in total. The molecule has 0 atom stereocenters. The van der Waals surface area contributed by atoms with Crippen molar-refractivity contribution in [3.05, 3.63) is 16.5 Å². The van der Waals surface area contributed by atoms with Gasteiger partial charge in [-0.15, -0.1) is 0 Å². The fourth-order valence-electron chi connectivity index (χ4n) is 2.50. The molecule has 5 heteroatoms. The van der Waals surface area contributed by atoms with Gasteiger partial charge in [-0.05, 0) is 26.7 Å². The van der Waals surface area contributed by atoms with E-state index in [0.717, 1.165) is 37.1 Å². The van der Waals surface area contributed by atoms with Gasteiger partial charge in [-0.3, -0.25) is 0 Å². The molecule has 0 radical (unpaired) electrons. The Labute approximate surface area is 119 Å². The number of hydrogen-bond donors (Lipinski definition) is 2. The Kier molecular flexibility index (Phi) is 4.63. The number of nitrogens with zero attached hydrogens (tertiary/aromatic N) is 2. The summed E-state index contributed by atoms with van der Waals surface area (Å²) in [6.07, 6.45) is 6.29. The number of halogens is 1. The third-order valence-corrected chi connectivity index (χ3v) is 4.15. The van der Waals surface area contributed by atoms with E-state index < -0.39 is 5.60 Å². The van der Waals surface area contributed by atoms with Gasteiger partial charge < -0.3 is 10.4 Å². The zero-order valence-corrected chi connectivity index (χ0v) is 12.4. The van der Waals surface area contributed by atoms with Crippen molar-refractivity contribution < 1.29 is 5.11 Å². The SMILES string of the molecule is Cc1nc(Cl)c(NCC2(O)CCCCCC2)nc1C. The minimum absolute atomic E-state index is 0.375. The smallest absolute Gasteiger partial charge is 0.171 e. The van der Waals surface area contributed by atoms with E-state index >= 15 is 0 Å². The van der Waals surface area contributed by atoms with Crippen molar-refractivity contribution in [3.8, 4) is 0 Å². The van der Waals surface area contributed by atoms with Crippen LogP contribution in [0.1, 0.15) is 49.9 Å². The Morgan fingerprint density at radius 2 is 1.68 bits per heavy atom. The first-order valence-corrected chi connectivity index (χ1v) is 7.35. The van der Waals surface area contributed by atoms with E-state index in [0.29, 0.717) is 17.5 Å². The van der Waals surface area contributed by atoms with Crippen LogP contribution in [-0.4, -0.2) is 27.2 Å². The summed E-state index contributed by atoms with van der Waals surface area (Å²) in [5, 5.41) is 14.1. The summed E-state index contributed by atoms with van der Waals surface area (Å²) >= 11 is 6.08. The molecule has 19 heavy (non-hydrogen) atoms. The lowest BCUT2D eigenvalue weighted by Crippen LogP contribution is -2.36. The Bertz CT molecular complexity index is 443. The molecule has 1 fully saturated rings. The summed E-state index contributed by atoms with van der Waals surface area (Å²) in [5.74, 6) is 0.572. The maximum Gasteiger partial charge on any atom is 0.171 e. The minimum Gasteiger partial charge on any atom is -0.388 e. The van der Waals surface area contributed by atoms with Crippen molar-refractivity contribution in [1.82, 2.24) is 9.97 Å². The van der Waals surface area contributed by atoms with Gasteiger partial charge in [0, 0.05) is 6.54 Å². The third-order valence-electron chi connectivity index (χ3n) is 3.88. The van der Waals surface area contributed by atoms with Gasteiger partial charge in [-0.25, -0.2) is 9.97 Å². The normalized spacial score (nSPS) is 18.9. The summed E-state index contributed by atoms with van der Waals surface area (Å²) in [7, 11) is 0. The molecular weight excluding hydrogens is 262 g/mol. The molecule has 4 nitrogen and oxygen atoms in total. The van der Waals surface area contributed by atoms with Gasteiger partial charge in [0.1, 0.15) is 0 Å². The molecule has 1 aliphatic rings. The van der Waals surface area contributed by atoms with Crippen molar-refractivity contribution in [2.45, 2.75) is 58.0 Å². The number of anilines is 1. The average molecular weight is 284 g/mol. The molecular formula is C14H22ClN3O. The largest absolute Gasteiger partial charge is 0.388 e. The van der Waals surface area contributed by atoms with Crippen LogP contribution in [0.3, 0.4) is 0 Å². The maximum absolute atomic E-state index is 10.6. The molecule has 1 aromatic heterocycles. The van der Waals surface area contributed by atoms with E-state index in [1.54, 1.807) is 0 Å². The predicted octanol–water partition coefficient (Wildman–Crippen LogP) is 3.24. The van der Waals surface area contributed by atoms with Crippen LogP contribution in [0, 0.1) is 13.8 Å². The second-order valence-corrected chi connectivity index (χ2v) is 5.88. The first-order chi connectivity index (χ1) is 9.00. The lowest BCUT2D eigenvalue weighted by molar-refractivity contribution is 0.0380. The second kappa shape index (κ2) is 6.06. The van der Waals surface area contributed by atoms with Gasteiger partial charge in [0.05, 0.1) is 17.0 Å². The topological polar surface area (TPSA) is 58.0 Å². The fourth-order valence-corrected chi connectivity index (χ4v) is 2.74. The van der Waals surface area contributed by atoms with Crippen molar-refractivity contribution >= 4 is 17.4 Å². The molecule has 0 bridgehead atoms. The van der Waals surface area contributed by atoms with Crippen molar-refractivity contribution in [2.75, 3.05) is 11.9 Å². The first kappa shape index (κ1) is 14.5. The standard InChI is InChI=1S/C14H22ClN3O/c1-10-11(2)18-13(12(15)17-10)16-9-14(19)7-5-3-4-6-8-14/h19H,3-9H2,1-2H3,(H,16,18). The molecule has 0 saturated heterocycles. The number of nitrogens with one attached hydrogen (secondary N) is 1. The average Bonchev–Trinajstić information content (AvgIpc) is 2.58. The van der Waals surface area contributed by atoms with Crippen molar-refractivity contribution in [2.24, 2.45) is 0 Å². The second-order valence-electron chi connectivity index (χ2n) is 5.53. The summed E-state index contributed by atoms with van der Waals surface area (Å²) in [5.41, 5.74) is 1.06. The highest BCUT2D eigenvalue weighted by Crippen LogP contribution is 2.28. The van der Waals surface area contributed by atoms with Crippen LogP contribution in [0.5, 0.6) is 0 Å². The van der Waals surface area contributed by atoms with E-state index in [2.05, 4.69) is 15.3 Å². The molecule has 0 aliphatic heterocycles. The monoisotopic (exact) mass is 283 g/mol. The van der Waals surface area contributed by atoms with Crippen LogP contribution >= 0.6 is 11.6 Å². The van der Waals surface area contributed by atoms with Gasteiger partial charge in [0.2, 0.25) is 0 Å². The van der Waals surface area contributed by atoms with E-state index in [1.165, 1.54) is 12.8 Å². The summed E-state index contributed by atoms with van der Waals surface area (Å²) in [4.78, 5) is 8.63. The lowest BCUT2D eigenvalue weighted by Gasteiger charge is -2.27. The molecule has 0 unspecified atom stereocenters. The zero-order chi connectivity index (χ0) is 13.9. The molecule has 106 valence electrons. The molecule has 0 amide bonds. The van der Waals surface area contributed by atoms with Gasteiger partial charge in [0.25, 0.3) is 0 Å². The Hall–Kier alpha value is -0.870. The van der Waals surface area contributed by atoms with Gasteiger partial charge >= 0.3 is 0 Å². The molecule has 1 saturated carbocycles. The third kappa shape index (κ3) is 3.80. The predicted molar refractivity (Wildman–Crippen MR) is 77.7 cm³/mol. The maximum atomic E-state index is 10.6. The van der Waals surface area contributed by atoms with Crippen LogP contribution in [0.15, 0.2) is 0 Å². The van der Waals surface area contributed by atoms with E-state index in [4.69, 9.17) is 11.6 Å². The van der Waals surface area contributed by atoms with Crippen LogP contribution in [-0.2, 0) is 0 Å². The summed E-state index contributed by atoms with van der Waals surface area (Å²) < 4.78 is 0. The Balaban J connectivity index is 2.03. The highest BCUT2D eigenvalue weighted by atomic mass is 35.5. The Morgan fingerprint density at radius 3 is 2.32 bits per heavy atom. The number of aromatic nitrogens is 2. The molecule has 1 aromatic rings. The quantitative estimate of drug-likeness (QED) is 0.836. The zero-order valence-electron chi connectivity index (χ0n) is 11.7. The molecule has 0 spiro atoms. The van der Waals surface area contributed by atoms with Crippen molar-refractivity contribution in [3.63, 3.8) is 0 Å². The van der Waals surface area contributed by atoms with Crippen molar-refractivity contribution in [1.29, 1.82) is 0 Å². The number of hydrogen-bond acceptors (Lipinski definition) is 4. The Morgan fingerprint density at radius 1 is 1.11 bits per heavy atom. The molecule has 2 rings (SSSR count). The summed E-state index contributed by atoms with van der Waals surface area (Å²) in [6, 6.07) is 0. The fraction of sp³-hybridized carbons (Fsp3) is 0.714. The van der Waals surface area contributed by atoms with Crippen LogP contribution in [0.4, 0.5) is 5.82 Å². The van der Waals surface area contributed by atoms with Crippen LogP contribution in [0.25, 0.3) is 0 Å². The highest BCUT2D eigenvalue weighted by molar-refractivity contribution is 6.31. The molecule has 1 heterocycles. The van der Waals surface area contributed by atoms with Gasteiger partial charge in [-0.1, -0.05) is 37.3 Å². The number of aliphatic hydroxyl groups is 1.